The zero-order valence-electron chi connectivity index (χ0n) is 15.7. The quantitative estimate of drug-likeness (QED) is 0.864. The third-order valence-electron chi connectivity index (χ3n) is 4.64. The maximum atomic E-state index is 11.4. The molecule has 0 bridgehead atoms. The monoisotopic (exact) mass is 328 g/mol. The molecule has 2 aromatic carbocycles. The molecule has 0 aliphatic rings. The average Bonchev–Trinajstić information content (AvgIpc) is 2.52. The SMILES string of the molecule is COc1cc(C)c(C(C)(O)c2ccc(OC)c(C(C)C)c2)c(C)c1. The molecular weight excluding hydrogens is 300 g/mol. The van der Waals surface area contributed by atoms with Gasteiger partial charge in [-0.2, -0.15) is 0 Å². The number of hydrogen-bond acceptors (Lipinski definition) is 3. The topological polar surface area (TPSA) is 38.7 Å². The van der Waals surface area contributed by atoms with Gasteiger partial charge in [-0.3, -0.25) is 0 Å². The van der Waals surface area contributed by atoms with Crippen molar-refractivity contribution in [3.05, 3.63) is 58.1 Å². The number of rotatable bonds is 5. The first-order valence-corrected chi connectivity index (χ1v) is 8.28. The minimum Gasteiger partial charge on any atom is -0.497 e. The summed E-state index contributed by atoms with van der Waals surface area (Å²) in [6, 6.07) is 9.85. The number of aliphatic hydroxyl groups is 1. The minimum atomic E-state index is -1.09. The predicted octanol–water partition coefficient (Wildman–Crippen LogP) is 4.70. The summed E-state index contributed by atoms with van der Waals surface area (Å²) in [7, 11) is 3.33. The third-order valence-corrected chi connectivity index (χ3v) is 4.64. The van der Waals surface area contributed by atoms with Gasteiger partial charge in [-0.05, 0) is 78.8 Å². The van der Waals surface area contributed by atoms with Crippen LogP contribution in [0.5, 0.6) is 11.5 Å². The van der Waals surface area contributed by atoms with E-state index in [-0.39, 0.29) is 0 Å². The van der Waals surface area contributed by atoms with Gasteiger partial charge in [0.1, 0.15) is 17.1 Å². The van der Waals surface area contributed by atoms with Crippen molar-refractivity contribution in [3.63, 3.8) is 0 Å². The maximum absolute atomic E-state index is 11.4. The molecule has 0 fully saturated rings. The second kappa shape index (κ2) is 6.86. The van der Waals surface area contributed by atoms with Crippen molar-refractivity contribution < 1.29 is 14.6 Å². The smallest absolute Gasteiger partial charge is 0.122 e. The number of hydrogen-bond donors (Lipinski definition) is 1. The van der Waals surface area contributed by atoms with Crippen LogP contribution in [-0.2, 0) is 5.60 Å². The molecule has 3 nitrogen and oxygen atoms in total. The van der Waals surface area contributed by atoms with Gasteiger partial charge in [0.25, 0.3) is 0 Å². The van der Waals surface area contributed by atoms with Crippen LogP contribution in [0.25, 0.3) is 0 Å². The minimum absolute atomic E-state index is 0.314. The highest BCUT2D eigenvalue weighted by Gasteiger charge is 2.30. The van der Waals surface area contributed by atoms with E-state index in [1.54, 1.807) is 14.2 Å². The van der Waals surface area contributed by atoms with Gasteiger partial charge >= 0.3 is 0 Å². The molecule has 0 aliphatic heterocycles. The second-order valence-electron chi connectivity index (χ2n) is 6.82. The fourth-order valence-electron chi connectivity index (χ4n) is 3.44. The van der Waals surface area contributed by atoms with Crippen LogP contribution in [0.3, 0.4) is 0 Å². The van der Waals surface area contributed by atoms with Gasteiger partial charge < -0.3 is 14.6 Å². The molecule has 1 N–H and O–H groups in total. The van der Waals surface area contributed by atoms with Crippen LogP contribution < -0.4 is 9.47 Å². The third kappa shape index (κ3) is 3.27. The standard InChI is InChI=1S/C21H28O3/c1-13(2)18-12-16(8-9-19(18)24-7)21(5,22)20-14(3)10-17(23-6)11-15(20)4/h8-13,22H,1-7H3. The molecule has 2 rings (SSSR count). The van der Waals surface area contributed by atoms with Gasteiger partial charge in [0, 0.05) is 0 Å². The lowest BCUT2D eigenvalue weighted by Gasteiger charge is -2.29. The van der Waals surface area contributed by atoms with E-state index < -0.39 is 5.60 Å². The van der Waals surface area contributed by atoms with E-state index in [2.05, 4.69) is 13.8 Å². The predicted molar refractivity (Wildman–Crippen MR) is 98.2 cm³/mol. The molecule has 1 atom stereocenters. The van der Waals surface area contributed by atoms with Gasteiger partial charge in [0.15, 0.2) is 0 Å². The fraction of sp³-hybridized carbons (Fsp3) is 0.429. The lowest BCUT2D eigenvalue weighted by molar-refractivity contribution is 0.101. The highest BCUT2D eigenvalue weighted by atomic mass is 16.5. The first-order valence-electron chi connectivity index (χ1n) is 8.28. The molecule has 130 valence electrons. The first kappa shape index (κ1) is 18.3. The molecule has 0 aromatic heterocycles. The molecule has 0 aliphatic carbocycles. The van der Waals surface area contributed by atoms with Crippen LogP contribution in [0.1, 0.15) is 54.5 Å². The van der Waals surface area contributed by atoms with Crippen LogP contribution in [0.4, 0.5) is 0 Å². The molecule has 0 radical (unpaired) electrons. The van der Waals surface area contributed by atoms with Crippen molar-refractivity contribution >= 4 is 0 Å². The van der Waals surface area contributed by atoms with Crippen LogP contribution in [0.15, 0.2) is 30.3 Å². The van der Waals surface area contributed by atoms with E-state index in [1.807, 2.05) is 51.1 Å². The van der Waals surface area contributed by atoms with E-state index in [0.717, 1.165) is 39.3 Å². The Kier molecular flexibility index (Phi) is 5.24. The summed E-state index contributed by atoms with van der Waals surface area (Å²) in [6.07, 6.45) is 0. The number of methoxy groups -OCH3 is 2. The van der Waals surface area contributed by atoms with E-state index in [9.17, 15) is 5.11 Å². The van der Waals surface area contributed by atoms with Gasteiger partial charge in [0.05, 0.1) is 14.2 Å². The Hall–Kier alpha value is -2.00. The molecule has 0 spiro atoms. The summed E-state index contributed by atoms with van der Waals surface area (Å²) in [5.41, 5.74) is 3.82. The molecule has 3 heteroatoms. The Bertz CT molecular complexity index is 707. The van der Waals surface area contributed by atoms with Crippen molar-refractivity contribution in [2.24, 2.45) is 0 Å². The number of benzene rings is 2. The molecule has 24 heavy (non-hydrogen) atoms. The lowest BCUT2D eigenvalue weighted by atomic mass is 9.81. The van der Waals surface area contributed by atoms with E-state index >= 15 is 0 Å². The normalized spacial score (nSPS) is 13.7. The number of aryl methyl sites for hydroxylation is 2. The van der Waals surface area contributed by atoms with Gasteiger partial charge in [-0.15, -0.1) is 0 Å². The van der Waals surface area contributed by atoms with E-state index in [4.69, 9.17) is 9.47 Å². The van der Waals surface area contributed by atoms with Crippen LogP contribution >= 0.6 is 0 Å². The lowest BCUT2D eigenvalue weighted by Crippen LogP contribution is -2.25. The van der Waals surface area contributed by atoms with Crippen LogP contribution in [-0.4, -0.2) is 19.3 Å². The summed E-state index contributed by atoms with van der Waals surface area (Å²) in [6.45, 7) is 10.1. The Morgan fingerprint density at radius 1 is 0.958 bits per heavy atom. The summed E-state index contributed by atoms with van der Waals surface area (Å²) in [5.74, 6) is 1.98. The fourth-order valence-corrected chi connectivity index (χ4v) is 3.44. The largest absolute Gasteiger partial charge is 0.497 e. The van der Waals surface area contributed by atoms with Crippen LogP contribution in [0, 0.1) is 13.8 Å². The van der Waals surface area contributed by atoms with Crippen molar-refractivity contribution in [2.75, 3.05) is 14.2 Å². The number of ether oxygens (including phenoxy) is 2. The highest BCUT2D eigenvalue weighted by molar-refractivity contribution is 5.50. The maximum Gasteiger partial charge on any atom is 0.122 e. The summed E-state index contributed by atoms with van der Waals surface area (Å²) in [4.78, 5) is 0. The Labute approximate surface area is 145 Å². The van der Waals surface area contributed by atoms with Gasteiger partial charge in [-0.1, -0.05) is 19.9 Å². The second-order valence-corrected chi connectivity index (χ2v) is 6.82. The molecule has 2 aromatic rings. The zero-order chi connectivity index (χ0) is 18.1. The van der Waals surface area contributed by atoms with Gasteiger partial charge in [-0.25, -0.2) is 0 Å². The van der Waals surface area contributed by atoms with Crippen molar-refractivity contribution in [2.45, 2.75) is 46.1 Å². The molecule has 0 saturated heterocycles. The van der Waals surface area contributed by atoms with E-state index in [1.165, 1.54) is 0 Å². The Balaban J connectivity index is 2.61. The molecule has 0 amide bonds. The average molecular weight is 328 g/mol. The Morgan fingerprint density at radius 2 is 1.54 bits per heavy atom. The summed E-state index contributed by atoms with van der Waals surface area (Å²) in [5, 5.41) is 11.4. The summed E-state index contributed by atoms with van der Waals surface area (Å²) >= 11 is 0. The molecule has 0 heterocycles. The molecule has 0 saturated carbocycles. The van der Waals surface area contributed by atoms with Gasteiger partial charge in [0.2, 0.25) is 0 Å². The van der Waals surface area contributed by atoms with Crippen molar-refractivity contribution in [3.8, 4) is 11.5 Å². The highest BCUT2D eigenvalue weighted by Crippen LogP contribution is 2.38. The zero-order valence-corrected chi connectivity index (χ0v) is 15.7. The summed E-state index contributed by atoms with van der Waals surface area (Å²) < 4.78 is 10.8. The first-order chi connectivity index (χ1) is 11.2. The Morgan fingerprint density at radius 3 is 2.00 bits per heavy atom. The van der Waals surface area contributed by atoms with Crippen LogP contribution in [0.2, 0.25) is 0 Å². The van der Waals surface area contributed by atoms with Crippen molar-refractivity contribution in [1.82, 2.24) is 0 Å². The molecular formula is C21H28O3. The van der Waals surface area contributed by atoms with E-state index in [0.29, 0.717) is 5.92 Å². The molecule has 1 unspecified atom stereocenters. The van der Waals surface area contributed by atoms with Crippen molar-refractivity contribution in [1.29, 1.82) is 0 Å².